The summed E-state index contributed by atoms with van der Waals surface area (Å²) in [5.41, 5.74) is 0. The monoisotopic (exact) mass is 182 g/mol. The number of hydrogen-bond donors (Lipinski definition) is 0. The van der Waals surface area contributed by atoms with E-state index in [2.05, 4.69) is 27.5 Å². The van der Waals surface area contributed by atoms with E-state index in [1.807, 2.05) is 6.92 Å². The van der Waals surface area contributed by atoms with Crippen LogP contribution in [0.4, 0.5) is 0 Å². The standard InChI is InChI=1S/C6H6N4OS/c1-3-4-10-6(7-9-11)12-5(2)8-10/h1-2H3/b7-6+. The molecule has 0 unspecified atom stereocenters. The Labute approximate surface area is 72.7 Å². The molecule has 62 valence electrons. The van der Waals surface area contributed by atoms with E-state index < -0.39 is 0 Å². The second kappa shape index (κ2) is 3.78. The minimum Gasteiger partial charge on any atom is -0.158 e. The second-order valence-corrected chi connectivity index (χ2v) is 3.02. The number of aryl methyl sites for hydroxylation is 1. The number of hydrogen-bond acceptors (Lipinski definition) is 4. The molecule has 0 bridgehead atoms. The fourth-order valence-corrected chi connectivity index (χ4v) is 1.29. The molecule has 5 nitrogen and oxygen atoms in total. The fourth-order valence-electron chi connectivity index (χ4n) is 0.656. The molecule has 1 aromatic heterocycles. The van der Waals surface area contributed by atoms with Crippen LogP contribution in [0, 0.1) is 23.8 Å². The van der Waals surface area contributed by atoms with Crippen LogP contribution in [-0.2, 0) is 0 Å². The van der Waals surface area contributed by atoms with E-state index in [0.29, 0.717) is 4.80 Å². The molecule has 1 rings (SSSR count). The Bertz CT molecular complexity index is 405. The van der Waals surface area contributed by atoms with Crippen molar-refractivity contribution in [3.8, 4) is 12.0 Å². The maximum absolute atomic E-state index is 9.84. The molecule has 0 spiro atoms. The van der Waals surface area contributed by atoms with Crippen molar-refractivity contribution >= 4 is 11.3 Å². The Morgan fingerprint density at radius 1 is 1.67 bits per heavy atom. The molecular weight excluding hydrogens is 176 g/mol. The third-order valence-electron chi connectivity index (χ3n) is 1.01. The molecule has 6 heteroatoms. The average molecular weight is 182 g/mol. The summed E-state index contributed by atoms with van der Waals surface area (Å²) in [6.07, 6.45) is 0. The Hall–Kier alpha value is -1.48. The SMILES string of the molecule is CC#Cn1nc(C)s/c1=N/N=O. The van der Waals surface area contributed by atoms with Crippen molar-refractivity contribution in [3.05, 3.63) is 14.7 Å². The number of nitrogens with zero attached hydrogens (tertiary/aromatic N) is 4. The molecule has 12 heavy (non-hydrogen) atoms. The molecule has 0 aromatic carbocycles. The third-order valence-corrected chi connectivity index (χ3v) is 1.82. The van der Waals surface area contributed by atoms with Crippen LogP contribution in [-0.4, -0.2) is 9.78 Å². The Morgan fingerprint density at radius 2 is 2.42 bits per heavy atom. The first-order valence-corrected chi connectivity index (χ1v) is 3.95. The van der Waals surface area contributed by atoms with Crippen molar-refractivity contribution in [3.63, 3.8) is 0 Å². The molecular formula is C6H6N4OS. The molecule has 0 aliphatic carbocycles. The third kappa shape index (κ3) is 1.77. The predicted octanol–water partition coefficient (Wildman–Crippen LogP) is 0.664. The zero-order valence-electron chi connectivity index (χ0n) is 6.61. The smallest absolute Gasteiger partial charge is 0.158 e. The van der Waals surface area contributed by atoms with Gasteiger partial charge in [-0.3, -0.25) is 0 Å². The van der Waals surface area contributed by atoms with Crippen molar-refractivity contribution in [2.45, 2.75) is 13.8 Å². The normalized spacial score (nSPS) is 10.7. The maximum atomic E-state index is 9.84. The summed E-state index contributed by atoms with van der Waals surface area (Å²) in [6.45, 7) is 3.49. The summed E-state index contributed by atoms with van der Waals surface area (Å²) in [6, 6.07) is 2.66. The van der Waals surface area contributed by atoms with E-state index in [9.17, 15) is 4.91 Å². The van der Waals surface area contributed by atoms with E-state index in [-0.39, 0.29) is 0 Å². The van der Waals surface area contributed by atoms with E-state index in [4.69, 9.17) is 0 Å². The van der Waals surface area contributed by atoms with Gasteiger partial charge in [-0.1, -0.05) is 22.4 Å². The predicted molar refractivity (Wildman–Crippen MR) is 45.0 cm³/mol. The highest BCUT2D eigenvalue weighted by atomic mass is 32.1. The van der Waals surface area contributed by atoms with Gasteiger partial charge in [-0.25, -0.2) is 0 Å². The van der Waals surface area contributed by atoms with Gasteiger partial charge in [0.2, 0.25) is 4.80 Å². The van der Waals surface area contributed by atoms with Gasteiger partial charge in [0.1, 0.15) is 5.01 Å². The quantitative estimate of drug-likeness (QED) is 0.364. The van der Waals surface area contributed by atoms with E-state index in [1.54, 1.807) is 6.92 Å². The van der Waals surface area contributed by atoms with Gasteiger partial charge in [0, 0.05) is 6.04 Å². The average Bonchev–Trinajstić information content (AvgIpc) is 2.33. The zero-order chi connectivity index (χ0) is 8.97. The number of aromatic nitrogens is 2. The van der Waals surface area contributed by atoms with Crippen LogP contribution in [0.25, 0.3) is 0 Å². The maximum Gasteiger partial charge on any atom is 0.244 e. The van der Waals surface area contributed by atoms with Gasteiger partial charge in [-0.2, -0.15) is 9.78 Å². The van der Waals surface area contributed by atoms with Gasteiger partial charge in [-0.05, 0) is 13.8 Å². The molecule has 0 amide bonds. The first-order chi connectivity index (χ1) is 5.77. The molecule has 0 saturated heterocycles. The highest BCUT2D eigenvalue weighted by Crippen LogP contribution is 1.93. The van der Waals surface area contributed by atoms with Gasteiger partial charge >= 0.3 is 0 Å². The second-order valence-electron chi connectivity index (χ2n) is 1.86. The summed E-state index contributed by atoms with van der Waals surface area (Å²) in [5, 5.41) is 10.5. The zero-order valence-corrected chi connectivity index (χ0v) is 7.42. The van der Waals surface area contributed by atoms with Crippen LogP contribution in [0.15, 0.2) is 10.4 Å². The lowest BCUT2D eigenvalue weighted by Gasteiger charge is -1.80. The van der Waals surface area contributed by atoms with Crippen LogP contribution in [0.2, 0.25) is 0 Å². The lowest BCUT2D eigenvalue weighted by molar-refractivity contribution is 0.834. The first-order valence-electron chi connectivity index (χ1n) is 3.14. The highest BCUT2D eigenvalue weighted by Gasteiger charge is 1.96. The van der Waals surface area contributed by atoms with Gasteiger partial charge in [-0.15, -0.1) is 4.91 Å². The lowest BCUT2D eigenvalue weighted by Crippen LogP contribution is -2.10. The van der Waals surface area contributed by atoms with E-state index in [1.165, 1.54) is 16.0 Å². The minimum absolute atomic E-state index is 0.400. The summed E-state index contributed by atoms with van der Waals surface area (Å²) >= 11 is 1.27. The molecule has 0 aliphatic heterocycles. The summed E-state index contributed by atoms with van der Waals surface area (Å²) in [5.74, 6) is 2.65. The van der Waals surface area contributed by atoms with Crippen molar-refractivity contribution in [2.24, 2.45) is 10.4 Å². The molecule has 0 radical (unpaired) electrons. The lowest BCUT2D eigenvalue weighted by atomic mass is 10.8. The highest BCUT2D eigenvalue weighted by molar-refractivity contribution is 7.08. The van der Waals surface area contributed by atoms with Crippen LogP contribution < -0.4 is 4.80 Å². The molecule has 0 saturated carbocycles. The van der Waals surface area contributed by atoms with Crippen molar-refractivity contribution in [2.75, 3.05) is 0 Å². The number of nitroso groups, excluding NO2 is 1. The van der Waals surface area contributed by atoms with E-state index >= 15 is 0 Å². The Morgan fingerprint density at radius 3 is 3.00 bits per heavy atom. The molecule has 1 aromatic rings. The molecule has 0 atom stereocenters. The molecule has 0 fully saturated rings. The molecule has 0 aliphatic rings. The van der Waals surface area contributed by atoms with Crippen LogP contribution in [0.3, 0.4) is 0 Å². The summed E-state index contributed by atoms with van der Waals surface area (Å²) in [7, 11) is 0. The van der Waals surface area contributed by atoms with Crippen LogP contribution in [0.1, 0.15) is 11.9 Å². The van der Waals surface area contributed by atoms with Gasteiger partial charge in [0.25, 0.3) is 0 Å². The van der Waals surface area contributed by atoms with Crippen LogP contribution >= 0.6 is 11.3 Å². The van der Waals surface area contributed by atoms with Crippen LogP contribution in [0.5, 0.6) is 0 Å². The Kier molecular flexibility index (Phi) is 2.71. The van der Waals surface area contributed by atoms with Gasteiger partial charge in [0.05, 0.1) is 5.29 Å². The van der Waals surface area contributed by atoms with Crippen molar-refractivity contribution in [1.29, 1.82) is 0 Å². The summed E-state index contributed by atoms with van der Waals surface area (Å²) in [4.78, 5) is 10.2. The number of rotatable bonds is 1. The van der Waals surface area contributed by atoms with Crippen molar-refractivity contribution in [1.82, 2.24) is 9.78 Å². The minimum atomic E-state index is 0.400. The topological polar surface area (TPSA) is 59.6 Å². The van der Waals surface area contributed by atoms with Gasteiger partial charge < -0.3 is 0 Å². The van der Waals surface area contributed by atoms with Gasteiger partial charge in [0.15, 0.2) is 0 Å². The first kappa shape index (κ1) is 8.62. The summed E-state index contributed by atoms with van der Waals surface area (Å²) < 4.78 is 1.33. The molecule has 0 N–H and O–H groups in total. The molecule has 1 heterocycles. The largest absolute Gasteiger partial charge is 0.244 e. The van der Waals surface area contributed by atoms with Crippen molar-refractivity contribution < 1.29 is 0 Å². The Balaban J connectivity index is 3.32. The van der Waals surface area contributed by atoms with E-state index in [0.717, 1.165) is 5.01 Å². The fraction of sp³-hybridized carbons (Fsp3) is 0.333.